The second-order valence-corrected chi connectivity index (χ2v) is 6.02. The molecule has 0 spiro atoms. The van der Waals surface area contributed by atoms with E-state index in [1.807, 2.05) is 16.8 Å². The van der Waals surface area contributed by atoms with Gasteiger partial charge in [0.15, 0.2) is 0 Å². The molecular formula is C15H25BrN2O. The Kier molecular flexibility index (Phi) is 7.21. The van der Waals surface area contributed by atoms with Gasteiger partial charge in [-0.2, -0.15) is 0 Å². The summed E-state index contributed by atoms with van der Waals surface area (Å²) in [6, 6.07) is 2.13. The fourth-order valence-corrected chi connectivity index (χ4v) is 2.63. The largest absolute Gasteiger partial charge is 0.348 e. The maximum atomic E-state index is 12.2. The first kappa shape index (κ1) is 16.3. The van der Waals surface area contributed by atoms with Gasteiger partial charge in [0.05, 0.1) is 0 Å². The molecule has 1 rings (SSSR count). The lowest BCUT2D eigenvalue weighted by atomic mass is 10.1. The molecule has 0 radical (unpaired) electrons. The van der Waals surface area contributed by atoms with E-state index in [0.717, 1.165) is 29.6 Å². The monoisotopic (exact) mass is 328 g/mol. The average molecular weight is 329 g/mol. The van der Waals surface area contributed by atoms with E-state index in [2.05, 4.69) is 42.0 Å². The summed E-state index contributed by atoms with van der Waals surface area (Å²) in [6.45, 7) is 7.26. The molecule has 0 bridgehead atoms. The SMILES string of the molecule is CCCCCC(C)NC(=O)c1cc(Br)cn1CCC. The molecule has 0 saturated carbocycles. The third-order valence-corrected chi connectivity index (χ3v) is 3.61. The smallest absolute Gasteiger partial charge is 0.268 e. The molecule has 0 aromatic carbocycles. The Bertz CT molecular complexity index is 401. The summed E-state index contributed by atoms with van der Waals surface area (Å²) in [7, 11) is 0. The van der Waals surface area contributed by atoms with Crippen molar-refractivity contribution in [3.63, 3.8) is 0 Å². The summed E-state index contributed by atoms with van der Waals surface area (Å²) in [5, 5.41) is 3.09. The van der Waals surface area contributed by atoms with Gasteiger partial charge in [-0.05, 0) is 41.8 Å². The number of aryl methyl sites for hydroxylation is 1. The zero-order valence-corrected chi connectivity index (χ0v) is 13.8. The van der Waals surface area contributed by atoms with Crippen LogP contribution in [0.25, 0.3) is 0 Å². The molecule has 0 aliphatic rings. The van der Waals surface area contributed by atoms with Crippen LogP contribution in [0.3, 0.4) is 0 Å². The van der Waals surface area contributed by atoms with E-state index in [1.165, 1.54) is 19.3 Å². The van der Waals surface area contributed by atoms with Gasteiger partial charge in [-0.15, -0.1) is 0 Å². The minimum absolute atomic E-state index is 0.0307. The van der Waals surface area contributed by atoms with E-state index in [1.54, 1.807) is 0 Å². The number of unbranched alkanes of at least 4 members (excludes halogenated alkanes) is 2. The van der Waals surface area contributed by atoms with Gasteiger partial charge in [-0.1, -0.05) is 33.1 Å². The molecular weight excluding hydrogens is 304 g/mol. The molecule has 0 aliphatic heterocycles. The van der Waals surface area contributed by atoms with Crippen LogP contribution in [0, 0.1) is 0 Å². The summed E-state index contributed by atoms with van der Waals surface area (Å²) in [5.41, 5.74) is 0.746. The van der Waals surface area contributed by atoms with E-state index in [9.17, 15) is 4.79 Å². The van der Waals surface area contributed by atoms with Crippen LogP contribution in [0.1, 0.15) is 63.4 Å². The molecule has 1 atom stereocenters. The van der Waals surface area contributed by atoms with Crippen molar-refractivity contribution >= 4 is 21.8 Å². The topological polar surface area (TPSA) is 34.0 Å². The maximum absolute atomic E-state index is 12.2. The van der Waals surface area contributed by atoms with Crippen LogP contribution < -0.4 is 5.32 Å². The second kappa shape index (κ2) is 8.41. The summed E-state index contributed by atoms with van der Waals surface area (Å²) in [5.74, 6) is 0.0307. The predicted octanol–water partition coefficient (Wildman–Crippen LogP) is 4.36. The van der Waals surface area contributed by atoms with Gasteiger partial charge in [-0.3, -0.25) is 4.79 Å². The summed E-state index contributed by atoms with van der Waals surface area (Å²) in [6.07, 6.45) is 7.67. The second-order valence-electron chi connectivity index (χ2n) is 5.11. The van der Waals surface area contributed by atoms with Crippen LogP contribution in [0.2, 0.25) is 0 Å². The quantitative estimate of drug-likeness (QED) is 0.707. The van der Waals surface area contributed by atoms with Crippen LogP contribution in [-0.2, 0) is 6.54 Å². The zero-order chi connectivity index (χ0) is 14.3. The van der Waals surface area contributed by atoms with Gasteiger partial charge < -0.3 is 9.88 Å². The fraction of sp³-hybridized carbons (Fsp3) is 0.667. The third-order valence-electron chi connectivity index (χ3n) is 3.18. The van der Waals surface area contributed by atoms with Crippen LogP contribution in [-0.4, -0.2) is 16.5 Å². The van der Waals surface area contributed by atoms with Crippen LogP contribution in [0.5, 0.6) is 0 Å². The lowest BCUT2D eigenvalue weighted by molar-refractivity contribution is 0.0928. The summed E-state index contributed by atoms with van der Waals surface area (Å²) in [4.78, 5) is 12.2. The van der Waals surface area contributed by atoms with Crippen molar-refractivity contribution in [2.24, 2.45) is 0 Å². The van der Waals surface area contributed by atoms with E-state index in [0.29, 0.717) is 0 Å². The molecule has 0 saturated heterocycles. The third kappa shape index (κ3) is 5.39. The number of rotatable bonds is 8. The van der Waals surface area contributed by atoms with Crippen molar-refractivity contribution in [3.05, 3.63) is 22.4 Å². The van der Waals surface area contributed by atoms with Crippen LogP contribution in [0.4, 0.5) is 0 Å². The molecule has 0 fully saturated rings. The van der Waals surface area contributed by atoms with E-state index in [-0.39, 0.29) is 11.9 Å². The minimum Gasteiger partial charge on any atom is -0.348 e. The highest BCUT2D eigenvalue weighted by Gasteiger charge is 2.14. The molecule has 1 aromatic rings. The van der Waals surface area contributed by atoms with Crippen LogP contribution >= 0.6 is 15.9 Å². The summed E-state index contributed by atoms with van der Waals surface area (Å²) < 4.78 is 2.97. The van der Waals surface area contributed by atoms with Gasteiger partial charge >= 0.3 is 0 Å². The molecule has 1 amide bonds. The number of carbonyl (C=O) groups excluding carboxylic acids is 1. The number of amides is 1. The predicted molar refractivity (Wildman–Crippen MR) is 83.5 cm³/mol. The highest BCUT2D eigenvalue weighted by atomic mass is 79.9. The first-order chi connectivity index (χ1) is 9.08. The Morgan fingerprint density at radius 1 is 1.37 bits per heavy atom. The van der Waals surface area contributed by atoms with Crippen molar-refractivity contribution in [2.75, 3.05) is 0 Å². The van der Waals surface area contributed by atoms with Crippen molar-refractivity contribution < 1.29 is 4.79 Å². The number of halogens is 1. The molecule has 1 N–H and O–H groups in total. The molecule has 1 heterocycles. The highest BCUT2D eigenvalue weighted by molar-refractivity contribution is 9.10. The Morgan fingerprint density at radius 2 is 2.11 bits per heavy atom. The first-order valence-electron chi connectivity index (χ1n) is 7.25. The number of nitrogens with zero attached hydrogens (tertiary/aromatic N) is 1. The van der Waals surface area contributed by atoms with Gasteiger partial charge in [-0.25, -0.2) is 0 Å². The maximum Gasteiger partial charge on any atom is 0.268 e. The van der Waals surface area contributed by atoms with Gasteiger partial charge in [0.25, 0.3) is 5.91 Å². The average Bonchev–Trinajstić information content (AvgIpc) is 2.71. The molecule has 19 heavy (non-hydrogen) atoms. The van der Waals surface area contributed by atoms with E-state index >= 15 is 0 Å². The van der Waals surface area contributed by atoms with E-state index in [4.69, 9.17) is 0 Å². The zero-order valence-electron chi connectivity index (χ0n) is 12.2. The van der Waals surface area contributed by atoms with Crippen LogP contribution in [0.15, 0.2) is 16.7 Å². The van der Waals surface area contributed by atoms with Crippen molar-refractivity contribution in [1.82, 2.24) is 9.88 Å². The molecule has 1 unspecified atom stereocenters. The molecule has 0 aliphatic carbocycles. The Hall–Kier alpha value is -0.770. The molecule has 1 aromatic heterocycles. The lowest BCUT2D eigenvalue weighted by Gasteiger charge is -2.14. The Balaban J connectivity index is 2.57. The van der Waals surface area contributed by atoms with Crippen molar-refractivity contribution in [1.29, 1.82) is 0 Å². The summed E-state index contributed by atoms with van der Waals surface area (Å²) >= 11 is 3.44. The number of hydrogen-bond donors (Lipinski definition) is 1. The minimum atomic E-state index is 0.0307. The molecule has 108 valence electrons. The highest BCUT2D eigenvalue weighted by Crippen LogP contribution is 2.16. The lowest BCUT2D eigenvalue weighted by Crippen LogP contribution is -2.33. The van der Waals surface area contributed by atoms with Gasteiger partial charge in [0.1, 0.15) is 5.69 Å². The number of carbonyl (C=O) groups is 1. The van der Waals surface area contributed by atoms with Crippen molar-refractivity contribution in [3.8, 4) is 0 Å². The number of hydrogen-bond acceptors (Lipinski definition) is 1. The molecule has 3 nitrogen and oxygen atoms in total. The first-order valence-corrected chi connectivity index (χ1v) is 8.04. The number of nitrogens with one attached hydrogen (secondary N) is 1. The fourth-order valence-electron chi connectivity index (χ4n) is 2.16. The normalized spacial score (nSPS) is 12.4. The van der Waals surface area contributed by atoms with Gasteiger partial charge in [0, 0.05) is 23.3 Å². The Labute approximate surface area is 124 Å². The van der Waals surface area contributed by atoms with E-state index < -0.39 is 0 Å². The van der Waals surface area contributed by atoms with Gasteiger partial charge in [0.2, 0.25) is 0 Å². The molecule has 4 heteroatoms. The standard InChI is InChI=1S/C15H25BrN2O/c1-4-6-7-8-12(3)17-15(19)14-10-13(16)11-18(14)9-5-2/h10-12H,4-9H2,1-3H3,(H,17,19). The number of aromatic nitrogens is 1. The Morgan fingerprint density at radius 3 is 2.74 bits per heavy atom. The van der Waals surface area contributed by atoms with Crippen molar-refractivity contribution in [2.45, 2.75) is 65.5 Å².